The average molecular weight is 477 g/mol. The number of rotatable bonds is 8. The van der Waals surface area contributed by atoms with E-state index < -0.39 is 0 Å². The van der Waals surface area contributed by atoms with Gasteiger partial charge in [0, 0.05) is 39.4 Å². The van der Waals surface area contributed by atoms with Crippen molar-refractivity contribution in [2.24, 2.45) is 10.9 Å². The van der Waals surface area contributed by atoms with Crippen LogP contribution in [0.4, 0.5) is 5.69 Å². The van der Waals surface area contributed by atoms with Crippen LogP contribution in [0, 0.1) is 5.92 Å². The van der Waals surface area contributed by atoms with Gasteiger partial charge >= 0.3 is 0 Å². The lowest BCUT2D eigenvalue weighted by molar-refractivity contribution is -0.115. The number of halogens is 1. The molecular weight excluding hydrogens is 449 g/mol. The summed E-state index contributed by atoms with van der Waals surface area (Å²) in [4.78, 5) is 22.4. The Labute approximate surface area is 171 Å². The highest BCUT2D eigenvalue weighted by molar-refractivity contribution is 14.0. The maximum absolute atomic E-state index is 12.0. The molecule has 26 heavy (non-hydrogen) atoms. The Morgan fingerprint density at radius 1 is 1.46 bits per heavy atom. The molecule has 1 saturated heterocycles. The molecule has 1 aliphatic rings. The van der Waals surface area contributed by atoms with E-state index in [-0.39, 0.29) is 36.4 Å². The zero-order valence-electron chi connectivity index (χ0n) is 15.3. The highest BCUT2D eigenvalue weighted by atomic mass is 127. The van der Waals surface area contributed by atoms with Crippen LogP contribution in [0.2, 0.25) is 0 Å². The van der Waals surface area contributed by atoms with Crippen molar-refractivity contribution in [1.82, 2.24) is 15.2 Å². The predicted molar refractivity (Wildman–Crippen MR) is 112 cm³/mol. The average Bonchev–Trinajstić information content (AvgIpc) is 3.09. The lowest BCUT2D eigenvalue weighted by Crippen LogP contribution is -2.43. The Hall–Kier alpha value is -1.46. The first kappa shape index (κ1) is 22.6. The van der Waals surface area contributed by atoms with Gasteiger partial charge in [-0.15, -0.1) is 24.0 Å². The number of aromatic nitrogens is 1. The van der Waals surface area contributed by atoms with Crippen LogP contribution in [0.1, 0.15) is 6.42 Å². The molecule has 2 N–H and O–H groups in total. The standard InChI is InChI=1S/C17H27N5O3.HI/c1-18-17(20-11-16(23)21-15-4-3-6-19-10-15)22-7-5-14(12-22)13-25-9-8-24-2;/h3-4,6,10,14H,5,7-9,11-13H2,1-2H3,(H,18,20)(H,21,23);1H. The number of hydrogen-bond donors (Lipinski definition) is 2. The zero-order valence-corrected chi connectivity index (χ0v) is 17.6. The van der Waals surface area contributed by atoms with E-state index in [2.05, 4.69) is 25.5 Å². The van der Waals surface area contributed by atoms with Crippen LogP contribution >= 0.6 is 24.0 Å². The Morgan fingerprint density at radius 3 is 3.00 bits per heavy atom. The molecular formula is C17H28IN5O3. The largest absolute Gasteiger partial charge is 0.382 e. The van der Waals surface area contributed by atoms with Gasteiger partial charge in [0.25, 0.3) is 0 Å². The van der Waals surface area contributed by atoms with E-state index in [0.717, 1.165) is 32.1 Å². The van der Waals surface area contributed by atoms with Crippen molar-refractivity contribution in [2.75, 3.05) is 58.9 Å². The number of methoxy groups -OCH3 is 1. The molecule has 0 aromatic carbocycles. The van der Waals surface area contributed by atoms with Crippen LogP contribution in [0.3, 0.4) is 0 Å². The summed E-state index contributed by atoms with van der Waals surface area (Å²) in [6.45, 7) is 3.89. The predicted octanol–water partition coefficient (Wildman–Crippen LogP) is 1.20. The quantitative estimate of drug-likeness (QED) is 0.253. The molecule has 146 valence electrons. The second-order valence-corrected chi connectivity index (χ2v) is 5.86. The topological polar surface area (TPSA) is 88.1 Å². The van der Waals surface area contributed by atoms with Crippen LogP contribution in [0.5, 0.6) is 0 Å². The van der Waals surface area contributed by atoms with E-state index in [9.17, 15) is 4.79 Å². The number of anilines is 1. The molecule has 8 nitrogen and oxygen atoms in total. The minimum atomic E-state index is -0.132. The first-order valence-electron chi connectivity index (χ1n) is 8.45. The number of guanidine groups is 1. The van der Waals surface area contributed by atoms with Crippen LogP contribution < -0.4 is 10.6 Å². The minimum absolute atomic E-state index is 0. The van der Waals surface area contributed by atoms with Crippen LogP contribution in [0.15, 0.2) is 29.5 Å². The first-order chi connectivity index (χ1) is 12.2. The van der Waals surface area contributed by atoms with Crippen molar-refractivity contribution in [3.8, 4) is 0 Å². The number of carbonyl (C=O) groups is 1. The summed E-state index contributed by atoms with van der Waals surface area (Å²) >= 11 is 0. The fourth-order valence-electron chi connectivity index (χ4n) is 2.69. The molecule has 9 heteroatoms. The normalized spacial score (nSPS) is 16.9. The van der Waals surface area contributed by atoms with Gasteiger partial charge in [0.15, 0.2) is 5.96 Å². The molecule has 1 aliphatic heterocycles. The Balaban J connectivity index is 0.00000338. The van der Waals surface area contributed by atoms with E-state index >= 15 is 0 Å². The zero-order chi connectivity index (χ0) is 17.9. The van der Waals surface area contributed by atoms with Crippen molar-refractivity contribution in [3.63, 3.8) is 0 Å². The van der Waals surface area contributed by atoms with Gasteiger partial charge in [-0.3, -0.25) is 14.8 Å². The summed E-state index contributed by atoms with van der Waals surface area (Å²) < 4.78 is 10.6. The summed E-state index contributed by atoms with van der Waals surface area (Å²) in [7, 11) is 3.39. The maximum Gasteiger partial charge on any atom is 0.243 e. The highest BCUT2D eigenvalue weighted by Crippen LogP contribution is 2.16. The fraction of sp³-hybridized carbons (Fsp3) is 0.588. The van der Waals surface area contributed by atoms with Gasteiger partial charge in [-0.25, -0.2) is 0 Å². The number of carbonyl (C=O) groups excluding carboxylic acids is 1. The molecule has 1 aromatic rings. The number of nitrogens with zero attached hydrogens (tertiary/aromatic N) is 3. The summed E-state index contributed by atoms with van der Waals surface area (Å²) in [6, 6.07) is 3.58. The highest BCUT2D eigenvalue weighted by Gasteiger charge is 2.25. The third kappa shape index (κ3) is 7.83. The molecule has 1 atom stereocenters. The molecule has 2 heterocycles. The molecule has 1 unspecified atom stereocenters. The number of ether oxygens (including phenoxy) is 2. The van der Waals surface area contributed by atoms with E-state index in [1.807, 2.05) is 0 Å². The van der Waals surface area contributed by atoms with Gasteiger partial charge in [-0.1, -0.05) is 0 Å². The second kappa shape index (κ2) is 12.8. The Kier molecular flexibility index (Phi) is 11.1. The summed E-state index contributed by atoms with van der Waals surface area (Å²) in [5, 5.41) is 5.90. The molecule has 0 saturated carbocycles. The smallest absolute Gasteiger partial charge is 0.243 e. The summed E-state index contributed by atoms with van der Waals surface area (Å²) in [5.41, 5.74) is 0.679. The van der Waals surface area contributed by atoms with Crippen molar-refractivity contribution >= 4 is 41.5 Å². The van der Waals surface area contributed by atoms with Gasteiger partial charge in [-0.05, 0) is 18.6 Å². The van der Waals surface area contributed by atoms with Crippen molar-refractivity contribution in [3.05, 3.63) is 24.5 Å². The van der Waals surface area contributed by atoms with E-state index in [0.29, 0.717) is 24.8 Å². The summed E-state index contributed by atoms with van der Waals surface area (Å²) in [6.07, 6.45) is 4.33. The van der Waals surface area contributed by atoms with Crippen LogP contribution in [-0.4, -0.2) is 75.4 Å². The number of amides is 1. The SMILES string of the molecule is CN=C(NCC(=O)Nc1cccnc1)N1CCC(COCCOC)C1.I. The molecule has 0 spiro atoms. The minimum Gasteiger partial charge on any atom is -0.382 e. The molecule has 1 aromatic heterocycles. The molecule has 0 bridgehead atoms. The number of likely N-dealkylation sites (tertiary alicyclic amines) is 1. The van der Waals surface area contributed by atoms with Gasteiger partial charge in [-0.2, -0.15) is 0 Å². The third-order valence-corrected chi connectivity index (χ3v) is 3.93. The molecule has 2 rings (SSSR count). The fourth-order valence-corrected chi connectivity index (χ4v) is 2.69. The van der Waals surface area contributed by atoms with Gasteiger partial charge in [0.05, 0.1) is 38.2 Å². The van der Waals surface area contributed by atoms with Crippen LogP contribution in [-0.2, 0) is 14.3 Å². The van der Waals surface area contributed by atoms with Gasteiger partial charge in [0.2, 0.25) is 5.91 Å². The Bertz CT molecular complexity index is 559. The molecule has 1 amide bonds. The second-order valence-electron chi connectivity index (χ2n) is 5.86. The maximum atomic E-state index is 12.0. The van der Waals surface area contributed by atoms with Crippen molar-refractivity contribution in [2.45, 2.75) is 6.42 Å². The number of aliphatic imine (C=N–C) groups is 1. The van der Waals surface area contributed by atoms with E-state index in [1.165, 1.54) is 0 Å². The first-order valence-corrected chi connectivity index (χ1v) is 8.45. The number of hydrogen-bond acceptors (Lipinski definition) is 5. The molecule has 0 radical (unpaired) electrons. The van der Waals surface area contributed by atoms with E-state index in [1.54, 1.807) is 38.7 Å². The van der Waals surface area contributed by atoms with Gasteiger partial charge < -0.3 is 25.0 Å². The Morgan fingerprint density at radius 2 is 2.31 bits per heavy atom. The number of pyridine rings is 1. The lowest BCUT2D eigenvalue weighted by atomic mass is 10.1. The molecule has 0 aliphatic carbocycles. The van der Waals surface area contributed by atoms with Crippen LogP contribution in [0.25, 0.3) is 0 Å². The lowest BCUT2D eigenvalue weighted by Gasteiger charge is -2.21. The van der Waals surface area contributed by atoms with Gasteiger partial charge in [0.1, 0.15) is 0 Å². The van der Waals surface area contributed by atoms with Crippen molar-refractivity contribution < 1.29 is 14.3 Å². The monoisotopic (exact) mass is 477 g/mol. The summed E-state index contributed by atoms with van der Waals surface area (Å²) in [5.74, 6) is 1.08. The third-order valence-electron chi connectivity index (χ3n) is 3.93. The number of nitrogens with one attached hydrogen (secondary N) is 2. The van der Waals surface area contributed by atoms with E-state index in [4.69, 9.17) is 9.47 Å². The molecule has 1 fully saturated rings. The van der Waals surface area contributed by atoms with Crippen molar-refractivity contribution in [1.29, 1.82) is 0 Å².